The zero-order valence-corrected chi connectivity index (χ0v) is 12.3. The third-order valence-electron chi connectivity index (χ3n) is 3.07. The van der Waals surface area contributed by atoms with Crippen LogP contribution in [0.25, 0.3) is 0 Å². The molecule has 0 aliphatic rings. The minimum absolute atomic E-state index is 0.164. The summed E-state index contributed by atoms with van der Waals surface area (Å²) in [5.41, 5.74) is 5.35. The smallest absolute Gasteiger partial charge is 0.0486 e. The minimum atomic E-state index is 0.164. The van der Waals surface area contributed by atoms with Gasteiger partial charge in [0.25, 0.3) is 0 Å². The fraction of sp³-hybridized carbons (Fsp3) is 0.538. The Hall–Kier alpha value is -0.420. The van der Waals surface area contributed by atoms with Gasteiger partial charge in [-0.2, -0.15) is 0 Å². The molecule has 0 heterocycles. The van der Waals surface area contributed by atoms with Gasteiger partial charge in [0.15, 0.2) is 0 Å². The van der Waals surface area contributed by atoms with Gasteiger partial charge in [-0.1, -0.05) is 35.0 Å². The molecule has 3 N–H and O–H groups in total. The molecule has 17 heavy (non-hydrogen) atoms. The van der Waals surface area contributed by atoms with E-state index in [-0.39, 0.29) is 6.04 Å². The second-order valence-electron chi connectivity index (χ2n) is 4.41. The zero-order valence-electron chi connectivity index (χ0n) is 10.7. The van der Waals surface area contributed by atoms with Gasteiger partial charge in [0.2, 0.25) is 0 Å². The lowest BCUT2D eigenvalue weighted by atomic mass is 9.92. The van der Waals surface area contributed by atoms with Crippen molar-refractivity contribution in [3.05, 3.63) is 33.8 Å². The van der Waals surface area contributed by atoms with Crippen molar-refractivity contribution in [2.24, 2.45) is 11.8 Å². The molecule has 1 rings (SSSR count). The highest BCUT2D eigenvalue weighted by Gasteiger charge is 2.18. The van der Waals surface area contributed by atoms with Crippen molar-refractivity contribution in [2.45, 2.75) is 26.3 Å². The first-order chi connectivity index (χ1) is 8.10. The van der Waals surface area contributed by atoms with Gasteiger partial charge in [0.05, 0.1) is 0 Å². The van der Waals surface area contributed by atoms with E-state index in [1.807, 2.05) is 0 Å². The van der Waals surface area contributed by atoms with Crippen LogP contribution in [0.1, 0.15) is 30.5 Å². The maximum absolute atomic E-state index is 5.66. The van der Waals surface area contributed by atoms with E-state index in [2.05, 4.69) is 53.4 Å². The molecule has 3 nitrogen and oxygen atoms in total. The number of rotatable bonds is 6. The molecule has 0 aliphatic carbocycles. The monoisotopic (exact) mass is 300 g/mol. The maximum Gasteiger partial charge on any atom is 0.0486 e. The molecular weight excluding hydrogens is 280 g/mol. The number of hydrogen-bond acceptors (Lipinski definition) is 3. The van der Waals surface area contributed by atoms with Crippen LogP contribution >= 0.6 is 15.9 Å². The second-order valence-corrected chi connectivity index (χ2v) is 5.27. The fourth-order valence-electron chi connectivity index (χ4n) is 1.92. The molecule has 0 amide bonds. The summed E-state index contributed by atoms with van der Waals surface area (Å²) in [5, 5.41) is 0. The van der Waals surface area contributed by atoms with Gasteiger partial charge in [0.1, 0.15) is 0 Å². The van der Waals surface area contributed by atoms with Gasteiger partial charge in [-0.15, -0.1) is 0 Å². The quantitative estimate of drug-likeness (QED) is 0.627. The van der Waals surface area contributed by atoms with Crippen LogP contribution in [0, 0.1) is 12.8 Å². The first kappa shape index (κ1) is 14.6. The highest BCUT2D eigenvalue weighted by molar-refractivity contribution is 9.10. The number of aryl methyl sites for hydroxylation is 1. The molecule has 0 radical (unpaired) electrons. The zero-order chi connectivity index (χ0) is 12.8. The van der Waals surface area contributed by atoms with E-state index < -0.39 is 0 Å². The van der Waals surface area contributed by atoms with Crippen LogP contribution in [-0.4, -0.2) is 13.7 Å². The minimum Gasteiger partial charge on any atom is -0.385 e. The maximum atomic E-state index is 5.66. The Morgan fingerprint density at radius 2 is 2.18 bits per heavy atom. The standard InChI is InChI=1S/C13H21BrN2O/c1-9(6-7-17-3)13(16-15)11-4-5-12(14)10(2)8-11/h4-5,8-9,13,16H,6-7,15H2,1-3H3. The van der Waals surface area contributed by atoms with Crippen molar-refractivity contribution < 1.29 is 4.74 Å². The largest absolute Gasteiger partial charge is 0.385 e. The summed E-state index contributed by atoms with van der Waals surface area (Å²) in [6.07, 6.45) is 0.987. The fourth-order valence-corrected chi connectivity index (χ4v) is 2.17. The Kier molecular flexibility index (Phi) is 6.12. The van der Waals surface area contributed by atoms with E-state index in [0.29, 0.717) is 5.92 Å². The second kappa shape index (κ2) is 7.11. The molecule has 1 aromatic carbocycles. The average Bonchev–Trinajstić information content (AvgIpc) is 2.32. The van der Waals surface area contributed by atoms with Crippen molar-refractivity contribution in [1.82, 2.24) is 5.43 Å². The van der Waals surface area contributed by atoms with Crippen molar-refractivity contribution in [3.8, 4) is 0 Å². The summed E-state index contributed by atoms with van der Waals surface area (Å²) < 4.78 is 6.24. The van der Waals surface area contributed by atoms with Crippen molar-refractivity contribution in [3.63, 3.8) is 0 Å². The van der Waals surface area contributed by atoms with Crippen LogP contribution in [0.15, 0.2) is 22.7 Å². The number of nitrogens with one attached hydrogen (secondary N) is 1. The van der Waals surface area contributed by atoms with Gasteiger partial charge in [-0.25, -0.2) is 0 Å². The number of halogens is 1. The Bertz CT molecular complexity index is 357. The van der Waals surface area contributed by atoms with Crippen molar-refractivity contribution in [2.75, 3.05) is 13.7 Å². The van der Waals surface area contributed by atoms with Gasteiger partial charge >= 0.3 is 0 Å². The highest BCUT2D eigenvalue weighted by Crippen LogP contribution is 2.27. The van der Waals surface area contributed by atoms with Gasteiger partial charge in [-0.05, 0) is 36.5 Å². The number of hydrazine groups is 1. The summed E-state index contributed by atoms with van der Waals surface area (Å²) in [5.74, 6) is 6.09. The van der Waals surface area contributed by atoms with E-state index in [9.17, 15) is 0 Å². The first-order valence-corrected chi connectivity index (χ1v) is 6.60. The number of hydrogen-bond donors (Lipinski definition) is 2. The van der Waals surface area contributed by atoms with Gasteiger partial charge in [0, 0.05) is 24.2 Å². The number of benzene rings is 1. The summed E-state index contributed by atoms with van der Waals surface area (Å²) in [4.78, 5) is 0. The van der Waals surface area contributed by atoms with Crippen LogP contribution in [0.5, 0.6) is 0 Å². The van der Waals surface area contributed by atoms with Crippen LogP contribution in [-0.2, 0) is 4.74 Å². The molecule has 2 unspecified atom stereocenters. The average molecular weight is 301 g/mol. The Morgan fingerprint density at radius 3 is 2.71 bits per heavy atom. The van der Waals surface area contributed by atoms with E-state index in [0.717, 1.165) is 17.5 Å². The molecule has 0 bridgehead atoms. The third-order valence-corrected chi connectivity index (χ3v) is 3.96. The summed E-state index contributed by atoms with van der Waals surface area (Å²) in [7, 11) is 1.72. The predicted molar refractivity (Wildman–Crippen MR) is 74.6 cm³/mol. The van der Waals surface area contributed by atoms with E-state index in [1.165, 1.54) is 11.1 Å². The van der Waals surface area contributed by atoms with Crippen LogP contribution < -0.4 is 11.3 Å². The van der Waals surface area contributed by atoms with Crippen LogP contribution in [0.4, 0.5) is 0 Å². The van der Waals surface area contributed by atoms with E-state index in [4.69, 9.17) is 10.6 Å². The molecule has 96 valence electrons. The molecule has 0 saturated heterocycles. The highest BCUT2D eigenvalue weighted by atomic mass is 79.9. The molecular formula is C13H21BrN2O. The van der Waals surface area contributed by atoms with Crippen LogP contribution in [0.3, 0.4) is 0 Å². The third kappa shape index (κ3) is 4.07. The Morgan fingerprint density at radius 1 is 1.47 bits per heavy atom. The normalized spacial score (nSPS) is 14.6. The van der Waals surface area contributed by atoms with Gasteiger partial charge < -0.3 is 4.74 Å². The molecule has 0 spiro atoms. The lowest BCUT2D eigenvalue weighted by molar-refractivity contribution is 0.170. The molecule has 2 atom stereocenters. The summed E-state index contributed by atoms with van der Waals surface area (Å²) >= 11 is 3.51. The predicted octanol–water partition coefficient (Wildman–Crippen LogP) is 2.93. The molecule has 1 aromatic rings. The molecule has 0 fully saturated rings. The Balaban J connectivity index is 2.81. The van der Waals surface area contributed by atoms with Crippen molar-refractivity contribution >= 4 is 15.9 Å². The van der Waals surface area contributed by atoms with E-state index >= 15 is 0 Å². The molecule has 0 aromatic heterocycles. The lowest BCUT2D eigenvalue weighted by Crippen LogP contribution is -2.33. The number of ether oxygens (including phenoxy) is 1. The van der Waals surface area contributed by atoms with Gasteiger partial charge in [-0.3, -0.25) is 11.3 Å². The topological polar surface area (TPSA) is 47.3 Å². The van der Waals surface area contributed by atoms with Crippen molar-refractivity contribution in [1.29, 1.82) is 0 Å². The first-order valence-electron chi connectivity index (χ1n) is 5.81. The number of nitrogens with two attached hydrogens (primary N) is 1. The molecule has 4 heteroatoms. The lowest BCUT2D eigenvalue weighted by Gasteiger charge is -2.24. The SMILES string of the molecule is COCCC(C)C(NN)c1ccc(Br)c(C)c1. The molecule has 0 saturated carbocycles. The summed E-state index contributed by atoms with van der Waals surface area (Å²) in [6.45, 7) is 5.02. The van der Waals surface area contributed by atoms with Crippen LogP contribution in [0.2, 0.25) is 0 Å². The Labute approximate surface area is 112 Å². The molecule has 0 aliphatic heterocycles. The van der Waals surface area contributed by atoms with E-state index in [1.54, 1.807) is 7.11 Å². The number of methoxy groups -OCH3 is 1. The summed E-state index contributed by atoms with van der Waals surface area (Å²) in [6, 6.07) is 6.50.